The van der Waals surface area contributed by atoms with E-state index in [9.17, 15) is 4.79 Å². The van der Waals surface area contributed by atoms with Gasteiger partial charge in [-0.25, -0.2) is 9.97 Å². The predicted octanol–water partition coefficient (Wildman–Crippen LogP) is 6.22. The summed E-state index contributed by atoms with van der Waals surface area (Å²) in [5.74, 6) is 0.118. The molecule has 4 aromatic rings. The van der Waals surface area contributed by atoms with Crippen LogP contribution in [0.5, 0.6) is 0 Å². The Morgan fingerprint density at radius 1 is 0.769 bits per heavy atom. The van der Waals surface area contributed by atoms with Gasteiger partial charge in [0.2, 0.25) is 5.95 Å². The predicted molar refractivity (Wildman–Crippen MR) is 159 cm³/mol. The van der Waals surface area contributed by atoms with Crippen LogP contribution in [-0.4, -0.2) is 52.9 Å². The molecule has 3 aromatic carbocycles. The van der Waals surface area contributed by atoms with Crippen LogP contribution in [0, 0.1) is 6.92 Å². The van der Waals surface area contributed by atoms with Crippen molar-refractivity contribution in [3.8, 4) is 33.6 Å². The molecule has 6 heteroatoms. The van der Waals surface area contributed by atoms with E-state index in [0.29, 0.717) is 28.6 Å². The molecule has 0 atom stereocenters. The van der Waals surface area contributed by atoms with E-state index < -0.39 is 0 Å². The van der Waals surface area contributed by atoms with Crippen LogP contribution in [0.15, 0.2) is 66.7 Å². The van der Waals surface area contributed by atoms with E-state index in [1.165, 1.54) is 18.5 Å². The summed E-state index contributed by atoms with van der Waals surface area (Å²) in [5, 5.41) is 0. The van der Waals surface area contributed by atoms with Crippen LogP contribution in [0.1, 0.15) is 48.2 Å². The van der Waals surface area contributed by atoms with Crippen molar-refractivity contribution in [1.29, 1.82) is 0 Å². The molecular formula is C33H35N5O. The smallest absolute Gasteiger partial charge is 0.221 e. The number of carbonyl (C=O) groups excluding carboxylic acids is 1. The Kier molecular flexibility index (Phi) is 6.65. The van der Waals surface area contributed by atoms with Crippen LogP contribution in [0.25, 0.3) is 33.6 Å². The molecule has 1 fully saturated rings. The van der Waals surface area contributed by atoms with E-state index in [1.807, 2.05) is 43.3 Å². The number of hydrogen-bond donors (Lipinski definition) is 1. The summed E-state index contributed by atoms with van der Waals surface area (Å²) >= 11 is 0. The zero-order chi connectivity index (χ0) is 27.1. The lowest BCUT2D eigenvalue weighted by molar-refractivity contribution is 0.104. The minimum Gasteiger partial charge on any atom is -0.369 e. The molecule has 6 rings (SSSR count). The lowest BCUT2D eigenvalue weighted by Crippen LogP contribution is -2.50. The summed E-state index contributed by atoms with van der Waals surface area (Å²) in [6.45, 7) is 10.9. The number of aromatic nitrogens is 2. The zero-order valence-electron chi connectivity index (χ0n) is 22.9. The maximum absolute atomic E-state index is 13.7. The number of fused-ring (bicyclic) bond motifs is 3. The Bertz CT molecular complexity index is 1520. The maximum atomic E-state index is 13.7. The van der Waals surface area contributed by atoms with Gasteiger partial charge >= 0.3 is 0 Å². The van der Waals surface area contributed by atoms with E-state index in [-0.39, 0.29) is 11.7 Å². The molecule has 0 bridgehead atoms. The third-order valence-corrected chi connectivity index (χ3v) is 8.34. The number of hydrogen-bond acceptors (Lipinski definition) is 6. The van der Waals surface area contributed by atoms with Gasteiger partial charge in [0.25, 0.3) is 0 Å². The number of benzene rings is 3. The van der Waals surface area contributed by atoms with Gasteiger partial charge in [-0.1, -0.05) is 74.0 Å². The third-order valence-electron chi connectivity index (χ3n) is 8.34. The third kappa shape index (κ3) is 4.49. The lowest BCUT2D eigenvalue weighted by Gasteiger charge is -2.40. The summed E-state index contributed by atoms with van der Waals surface area (Å²) in [7, 11) is 0. The Hall–Kier alpha value is -4.03. The van der Waals surface area contributed by atoms with E-state index in [2.05, 4.69) is 63.9 Å². The summed E-state index contributed by atoms with van der Waals surface area (Å²) < 4.78 is 0. The van der Waals surface area contributed by atoms with E-state index in [4.69, 9.17) is 5.73 Å². The molecule has 0 amide bonds. The molecule has 1 aromatic heterocycles. The molecule has 1 aliphatic carbocycles. The van der Waals surface area contributed by atoms with E-state index in [1.54, 1.807) is 0 Å². The fraction of sp³-hybridized carbons (Fsp3) is 0.303. The van der Waals surface area contributed by atoms with Crippen LogP contribution in [0.3, 0.4) is 0 Å². The van der Waals surface area contributed by atoms with Crippen LogP contribution >= 0.6 is 0 Å². The van der Waals surface area contributed by atoms with Gasteiger partial charge in [-0.15, -0.1) is 0 Å². The van der Waals surface area contributed by atoms with E-state index >= 15 is 0 Å². The number of nitrogen functional groups attached to an aromatic ring is 1. The number of nitrogens with two attached hydrogens (primary N) is 1. The summed E-state index contributed by atoms with van der Waals surface area (Å²) in [6.07, 6.45) is 2.42. The normalized spacial score (nSPS) is 15.1. The number of anilines is 2. The van der Waals surface area contributed by atoms with Gasteiger partial charge in [-0.05, 0) is 43.0 Å². The van der Waals surface area contributed by atoms with Gasteiger partial charge in [-0.2, -0.15) is 0 Å². The van der Waals surface area contributed by atoms with Gasteiger partial charge < -0.3 is 10.6 Å². The first-order valence-electron chi connectivity index (χ1n) is 14.0. The molecule has 2 aliphatic rings. The molecule has 0 unspecified atom stereocenters. The summed E-state index contributed by atoms with van der Waals surface area (Å²) in [6, 6.07) is 23.3. The number of rotatable bonds is 6. The van der Waals surface area contributed by atoms with Crippen molar-refractivity contribution < 1.29 is 4.79 Å². The monoisotopic (exact) mass is 517 g/mol. The number of nitrogens with zero attached hydrogens (tertiary/aromatic N) is 4. The summed E-state index contributed by atoms with van der Waals surface area (Å²) in [5.41, 5.74) is 14.7. The van der Waals surface area contributed by atoms with Crippen LogP contribution in [0.4, 0.5) is 11.6 Å². The molecule has 2 heterocycles. The molecule has 198 valence electrons. The van der Waals surface area contributed by atoms with Crippen molar-refractivity contribution in [3.05, 3.63) is 83.4 Å². The first kappa shape index (κ1) is 25.3. The molecule has 1 saturated heterocycles. The zero-order valence-corrected chi connectivity index (χ0v) is 22.9. The summed E-state index contributed by atoms with van der Waals surface area (Å²) in [4.78, 5) is 27.9. The average Bonchev–Trinajstić information content (AvgIpc) is 3.26. The second-order valence-electron chi connectivity index (χ2n) is 10.6. The van der Waals surface area contributed by atoms with Gasteiger partial charge in [0.1, 0.15) is 0 Å². The second kappa shape index (κ2) is 10.3. The highest BCUT2D eigenvalue weighted by Crippen LogP contribution is 2.45. The highest BCUT2D eigenvalue weighted by atomic mass is 16.1. The Morgan fingerprint density at radius 2 is 1.38 bits per heavy atom. The molecule has 0 spiro atoms. The fourth-order valence-corrected chi connectivity index (χ4v) is 6.17. The van der Waals surface area contributed by atoms with Crippen LogP contribution < -0.4 is 10.6 Å². The van der Waals surface area contributed by atoms with Gasteiger partial charge in [0, 0.05) is 54.6 Å². The van der Waals surface area contributed by atoms with Gasteiger partial charge in [-0.3, -0.25) is 9.69 Å². The largest absolute Gasteiger partial charge is 0.369 e. The van der Waals surface area contributed by atoms with Crippen molar-refractivity contribution in [2.75, 3.05) is 36.8 Å². The minimum atomic E-state index is -0.0515. The lowest BCUT2D eigenvalue weighted by atomic mass is 9.96. The molecule has 2 N–H and O–H groups in total. The first-order valence-corrected chi connectivity index (χ1v) is 14.0. The molecule has 1 aliphatic heterocycles. The van der Waals surface area contributed by atoms with Crippen molar-refractivity contribution in [1.82, 2.24) is 14.9 Å². The molecule has 0 saturated carbocycles. The topological polar surface area (TPSA) is 75.3 Å². The number of aryl methyl sites for hydroxylation is 1. The molecule has 0 radical (unpaired) electrons. The molecule has 6 nitrogen and oxygen atoms in total. The number of ketones is 1. The number of carbonyl (C=O) groups is 1. The Morgan fingerprint density at radius 3 is 2.05 bits per heavy atom. The fourth-order valence-electron chi connectivity index (χ4n) is 6.17. The standard InChI is InChI=1S/C33H35N5O/c1-4-24(5-2)37-17-19-38(20-18-37)25-15-13-22(14-16-25)26-7-6-8-27-28(26)31-29(32(27)39)30(35-33(34)36-31)23-11-9-21(3)10-12-23/h6-16,24H,4-5,17-20H2,1-3H3,(H2,34,35,36). The second-order valence-corrected chi connectivity index (χ2v) is 10.6. The highest BCUT2D eigenvalue weighted by molar-refractivity contribution is 6.25. The number of piperazine rings is 1. The van der Waals surface area contributed by atoms with Crippen molar-refractivity contribution in [2.24, 2.45) is 0 Å². The minimum absolute atomic E-state index is 0.0515. The van der Waals surface area contributed by atoms with Gasteiger partial charge in [0.05, 0.1) is 17.0 Å². The SMILES string of the molecule is CCC(CC)N1CCN(c2ccc(-c3cccc4c3-c3nc(N)nc(-c5ccc(C)cc5)c3C4=O)cc2)CC1. The average molecular weight is 518 g/mol. The molecule has 39 heavy (non-hydrogen) atoms. The maximum Gasteiger partial charge on any atom is 0.221 e. The van der Waals surface area contributed by atoms with Crippen molar-refractivity contribution in [3.63, 3.8) is 0 Å². The molecular weight excluding hydrogens is 482 g/mol. The first-order chi connectivity index (χ1) is 19.0. The highest BCUT2D eigenvalue weighted by Gasteiger charge is 2.34. The van der Waals surface area contributed by atoms with Crippen molar-refractivity contribution >= 4 is 17.4 Å². The van der Waals surface area contributed by atoms with Crippen molar-refractivity contribution in [2.45, 2.75) is 39.7 Å². The van der Waals surface area contributed by atoms with Crippen LogP contribution in [0.2, 0.25) is 0 Å². The Balaban J connectivity index is 1.33. The quantitative estimate of drug-likeness (QED) is 0.288. The van der Waals surface area contributed by atoms with Gasteiger partial charge in [0.15, 0.2) is 5.78 Å². The van der Waals surface area contributed by atoms with E-state index in [0.717, 1.165) is 54.0 Å². The Labute approximate surface area is 230 Å². The van der Waals surface area contributed by atoms with Crippen LogP contribution in [-0.2, 0) is 0 Å².